The normalized spacial score (nSPS) is 10.3. The molecule has 0 aliphatic rings. The second-order valence-electron chi connectivity index (χ2n) is 4.02. The molecule has 0 spiro atoms. The Morgan fingerprint density at radius 1 is 1.25 bits per heavy atom. The number of aromatic carboxylic acids is 1. The molecule has 20 heavy (non-hydrogen) atoms. The summed E-state index contributed by atoms with van der Waals surface area (Å²) in [6.07, 6.45) is 0. The lowest BCUT2D eigenvalue weighted by atomic mass is 10.2. The molecule has 0 atom stereocenters. The lowest BCUT2D eigenvalue weighted by molar-refractivity contribution is 0.0693. The van der Waals surface area contributed by atoms with E-state index in [2.05, 4.69) is 15.9 Å². The van der Waals surface area contributed by atoms with E-state index in [0.29, 0.717) is 0 Å². The van der Waals surface area contributed by atoms with Gasteiger partial charge in [0.05, 0.1) is 5.02 Å². The molecule has 104 valence electrons. The van der Waals surface area contributed by atoms with Crippen LogP contribution in [0.15, 0.2) is 40.9 Å². The molecule has 2 aromatic rings. The van der Waals surface area contributed by atoms with E-state index in [-0.39, 0.29) is 22.9 Å². The zero-order valence-corrected chi connectivity index (χ0v) is 12.5. The monoisotopic (exact) mass is 356 g/mol. The zero-order valence-electron chi connectivity index (χ0n) is 10.1. The van der Waals surface area contributed by atoms with Gasteiger partial charge in [0.15, 0.2) is 0 Å². The van der Waals surface area contributed by atoms with E-state index < -0.39 is 11.7 Å². The van der Waals surface area contributed by atoms with E-state index in [1.54, 1.807) is 0 Å². The second kappa shape index (κ2) is 6.15. The average Bonchev–Trinajstić information content (AvgIpc) is 2.41. The average molecular weight is 358 g/mol. The van der Waals surface area contributed by atoms with E-state index in [4.69, 9.17) is 21.4 Å². The number of hydrogen-bond donors (Lipinski definition) is 2. The van der Waals surface area contributed by atoms with Crippen molar-refractivity contribution in [3.8, 4) is 11.5 Å². The number of hydrogen-bond acceptors (Lipinski definition) is 3. The Hall–Kier alpha value is -1.72. The molecule has 0 aromatic heterocycles. The van der Waals surface area contributed by atoms with Crippen molar-refractivity contribution in [3.05, 3.63) is 57.0 Å². The third kappa shape index (κ3) is 3.43. The Balaban J connectivity index is 2.17. The van der Waals surface area contributed by atoms with E-state index in [9.17, 15) is 9.90 Å². The maximum Gasteiger partial charge on any atom is 0.339 e. The van der Waals surface area contributed by atoms with Gasteiger partial charge < -0.3 is 14.9 Å². The van der Waals surface area contributed by atoms with Crippen molar-refractivity contribution in [2.24, 2.45) is 0 Å². The summed E-state index contributed by atoms with van der Waals surface area (Å²) in [4.78, 5) is 11.0. The van der Waals surface area contributed by atoms with E-state index in [1.807, 2.05) is 24.3 Å². The van der Waals surface area contributed by atoms with Crippen LogP contribution in [0.25, 0.3) is 0 Å². The maximum atomic E-state index is 11.0. The lowest BCUT2D eigenvalue weighted by Gasteiger charge is -2.09. The Morgan fingerprint density at radius 2 is 1.90 bits per heavy atom. The maximum absolute atomic E-state index is 11.0. The van der Waals surface area contributed by atoms with Crippen molar-refractivity contribution in [1.29, 1.82) is 0 Å². The number of phenols is 1. The second-order valence-corrected chi connectivity index (χ2v) is 5.34. The van der Waals surface area contributed by atoms with Crippen molar-refractivity contribution < 1.29 is 19.7 Å². The van der Waals surface area contributed by atoms with Crippen molar-refractivity contribution in [2.75, 3.05) is 0 Å². The molecule has 0 bridgehead atoms. The van der Waals surface area contributed by atoms with Crippen molar-refractivity contribution >= 4 is 33.5 Å². The van der Waals surface area contributed by atoms with Crippen LogP contribution < -0.4 is 4.74 Å². The Morgan fingerprint density at radius 3 is 2.50 bits per heavy atom. The van der Waals surface area contributed by atoms with Crippen molar-refractivity contribution in [3.63, 3.8) is 0 Å². The fraction of sp³-hybridized carbons (Fsp3) is 0.0714. The Bertz CT molecular complexity index is 640. The summed E-state index contributed by atoms with van der Waals surface area (Å²) in [6.45, 7) is 0.271. The van der Waals surface area contributed by atoms with Gasteiger partial charge in [0.1, 0.15) is 23.7 Å². The van der Waals surface area contributed by atoms with Gasteiger partial charge in [-0.05, 0) is 23.8 Å². The van der Waals surface area contributed by atoms with Crippen molar-refractivity contribution in [2.45, 2.75) is 6.61 Å². The van der Waals surface area contributed by atoms with Crippen molar-refractivity contribution in [1.82, 2.24) is 0 Å². The smallest absolute Gasteiger partial charge is 0.339 e. The van der Waals surface area contributed by atoms with Gasteiger partial charge >= 0.3 is 5.97 Å². The van der Waals surface area contributed by atoms with Gasteiger partial charge in [0, 0.05) is 10.5 Å². The molecule has 0 heterocycles. The minimum absolute atomic E-state index is 0.0595. The van der Waals surface area contributed by atoms with E-state index >= 15 is 0 Å². The standard InChI is InChI=1S/C14H10BrClO4/c15-9-3-1-8(2-4-9)7-20-10-5-11(14(18)19)13(17)12(16)6-10/h1-6,17H,7H2,(H,18,19). The molecule has 2 N–H and O–H groups in total. The first-order valence-corrected chi connectivity index (χ1v) is 6.77. The van der Waals surface area contributed by atoms with Crippen LogP contribution in [0.1, 0.15) is 15.9 Å². The third-order valence-corrected chi connectivity index (χ3v) is 3.40. The van der Waals surface area contributed by atoms with Gasteiger partial charge in [-0.25, -0.2) is 4.79 Å². The Labute approximate surface area is 128 Å². The SMILES string of the molecule is O=C(O)c1cc(OCc2ccc(Br)cc2)cc(Cl)c1O. The molecule has 0 saturated carbocycles. The number of carboxylic acids is 1. The predicted molar refractivity (Wildman–Crippen MR) is 78.6 cm³/mol. The number of benzene rings is 2. The van der Waals surface area contributed by atoms with E-state index in [0.717, 1.165) is 10.0 Å². The van der Waals surface area contributed by atoms with Crippen LogP contribution in [0.2, 0.25) is 5.02 Å². The summed E-state index contributed by atoms with van der Waals surface area (Å²) < 4.78 is 6.44. The molecule has 6 heteroatoms. The molecule has 0 amide bonds. The summed E-state index contributed by atoms with van der Waals surface area (Å²) in [6, 6.07) is 10.1. The minimum Gasteiger partial charge on any atom is -0.505 e. The third-order valence-electron chi connectivity index (χ3n) is 2.59. The van der Waals surface area contributed by atoms with Gasteiger partial charge in [-0.15, -0.1) is 0 Å². The molecule has 0 aliphatic heterocycles. The highest BCUT2D eigenvalue weighted by molar-refractivity contribution is 9.10. The number of halogens is 2. The van der Waals surface area contributed by atoms with Crippen LogP contribution in [-0.4, -0.2) is 16.2 Å². The minimum atomic E-state index is -1.27. The summed E-state index contributed by atoms with van der Waals surface area (Å²) >= 11 is 9.10. The molecule has 0 unspecified atom stereocenters. The highest BCUT2D eigenvalue weighted by atomic mass is 79.9. The van der Waals surface area contributed by atoms with Gasteiger partial charge in [-0.2, -0.15) is 0 Å². The first-order chi connectivity index (χ1) is 9.47. The van der Waals surface area contributed by atoms with Crippen LogP contribution in [0.4, 0.5) is 0 Å². The summed E-state index contributed by atoms with van der Waals surface area (Å²) in [5.41, 5.74) is 0.637. The van der Waals surface area contributed by atoms with Crippen LogP contribution in [0.3, 0.4) is 0 Å². The number of carbonyl (C=O) groups is 1. The molecule has 0 aliphatic carbocycles. The molecule has 0 saturated heterocycles. The molecule has 4 nitrogen and oxygen atoms in total. The topological polar surface area (TPSA) is 66.8 Å². The highest BCUT2D eigenvalue weighted by Crippen LogP contribution is 2.32. The molecule has 0 radical (unpaired) electrons. The lowest BCUT2D eigenvalue weighted by Crippen LogP contribution is -2.00. The quantitative estimate of drug-likeness (QED) is 0.865. The van der Waals surface area contributed by atoms with Crippen LogP contribution >= 0.6 is 27.5 Å². The fourth-order valence-electron chi connectivity index (χ4n) is 1.57. The van der Waals surface area contributed by atoms with Crippen LogP contribution in [0, 0.1) is 0 Å². The highest BCUT2D eigenvalue weighted by Gasteiger charge is 2.15. The van der Waals surface area contributed by atoms with Crippen LogP contribution in [0.5, 0.6) is 11.5 Å². The molecular weight excluding hydrogens is 348 g/mol. The largest absolute Gasteiger partial charge is 0.505 e. The number of carboxylic acid groups (broad SMARTS) is 1. The molecular formula is C14H10BrClO4. The number of ether oxygens (including phenoxy) is 1. The molecule has 2 rings (SSSR count). The van der Waals surface area contributed by atoms with Crippen LogP contribution in [-0.2, 0) is 6.61 Å². The Kier molecular flexibility index (Phi) is 4.52. The van der Waals surface area contributed by atoms with Gasteiger partial charge in [-0.3, -0.25) is 0 Å². The predicted octanol–water partition coefficient (Wildman–Crippen LogP) is 4.09. The van der Waals surface area contributed by atoms with Gasteiger partial charge in [0.25, 0.3) is 0 Å². The molecule has 2 aromatic carbocycles. The molecule has 0 fully saturated rings. The first kappa shape index (κ1) is 14.7. The number of aromatic hydroxyl groups is 1. The summed E-state index contributed by atoms with van der Waals surface area (Å²) in [5, 5.41) is 18.4. The van der Waals surface area contributed by atoms with E-state index in [1.165, 1.54) is 12.1 Å². The summed E-state index contributed by atoms with van der Waals surface area (Å²) in [5.74, 6) is -1.44. The summed E-state index contributed by atoms with van der Waals surface area (Å²) in [7, 11) is 0. The van der Waals surface area contributed by atoms with Gasteiger partial charge in [0.2, 0.25) is 0 Å². The zero-order chi connectivity index (χ0) is 14.7. The number of rotatable bonds is 4. The van der Waals surface area contributed by atoms with Gasteiger partial charge in [-0.1, -0.05) is 39.7 Å². The first-order valence-electron chi connectivity index (χ1n) is 5.60. The fourth-order valence-corrected chi connectivity index (χ4v) is 2.04.